The molecule has 0 spiro atoms. The smallest absolute Gasteiger partial charge is 0.225 e. The van der Waals surface area contributed by atoms with Crippen LogP contribution in [-0.2, 0) is 29.1 Å². The minimum absolute atomic E-state index is 0.00234. The van der Waals surface area contributed by atoms with Gasteiger partial charge in [-0.3, -0.25) is 9.59 Å². The monoisotopic (exact) mass is 491 g/mol. The van der Waals surface area contributed by atoms with E-state index in [0.717, 1.165) is 27.6 Å². The van der Waals surface area contributed by atoms with Gasteiger partial charge < -0.3 is 19.5 Å². The number of nitrogens with one attached hydrogen (secondary N) is 1. The van der Waals surface area contributed by atoms with Crippen LogP contribution in [0.25, 0.3) is 0 Å². The average molecular weight is 492 g/mol. The van der Waals surface area contributed by atoms with Gasteiger partial charge in [-0.15, -0.1) is 11.3 Å². The Kier molecular flexibility index (Phi) is 7.51. The molecule has 4 rings (SSSR count). The SMILES string of the molecule is COc1cccc([C@@H](C)CC(=O)Nc2sc3c(c2C#N)CCN(C(=O)CCn2ccnc2C)C3)c1. The van der Waals surface area contributed by atoms with Gasteiger partial charge in [-0.25, -0.2) is 4.98 Å². The second kappa shape index (κ2) is 10.7. The molecule has 182 valence electrons. The molecule has 3 aromatic rings. The number of methoxy groups -OCH3 is 1. The van der Waals surface area contributed by atoms with E-state index < -0.39 is 0 Å². The number of amides is 2. The van der Waals surface area contributed by atoms with Gasteiger partial charge in [0.05, 0.1) is 19.2 Å². The number of benzene rings is 1. The van der Waals surface area contributed by atoms with Gasteiger partial charge in [0.2, 0.25) is 11.8 Å². The van der Waals surface area contributed by atoms with Crippen LogP contribution >= 0.6 is 11.3 Å². The lowest BCUT2D eigenvalue weighted by Gasteiger charge is -2.27. The van der Waals surface area contributed by atoms with Crippen molar-refractivity contribution >= 4 is 28.2 Å². The van der Waals surface area contributed by atoms with Gasteiger partial charge in [-0.1, -0.05) is 19.1 Å². The first-order valence-corrected chi connectivity index (χ1v) is 12.4. The highest BCUT2D eigenvalue weighted by Crippen LogP contribution is 2.37. The highest BCUT2D eigenvalue weighted by molar-refractivity contribution is 7.16. The quantitative estimate of drug-likeness (QED) is 0.508. The predicted octanol–water partition coefficient (Wildman–Crippen LogP) is 4.24. The van der Waals surface area contributed by atoms with Gasteiger partial charge in [-0.2, -0.15) is 5.26 Å². The van der Waals surface area contributed by atoms with E-state index in [9.17, 15) is 14.9 Å². The molecule has 1 N–H and O–H groups in total. The second-order valence-corrected chi connectivity index (χ2v) is 9.84. The molecular weight excluding hydrogens is 462 g/mol. The number of thiophene rings is 1. The number of nitrogens with zero attached hydrogens (tertiary/aromatic N) is 4. The number of carbonyl (C=O) groups is 2. The van der Waals surface area contributed by atoms with Crippen LogP contribution in [0.4, 0.5) is 5.00 Å². The molecule has 1 aliphatic heterocycles. The largest absolute Gasteiger partial charge is 0.497 e. The van der Waals surface area contributed by atoms with E-state index in [1.54, 1.807) is 13.3 Å². The fraction of sp³-hybridized carbons (Fsp3) is 0.385. The molecule has 1 aliphatic rings. The van der Waals surface area contributed by atoms with E-state index in [4.69, 9.17) is 4.74 Å². The number of aromatic nitrogens is 2. The van der Waals surface area contributed by atoms with Crippen molar-refractivity contribution < 1.29 is 14.3 Å². The van der Waals surface area contributed by atoms with Crippen LogP contribution < -0.4 is 10.1 Å². The molecule has 2 amide bonds. The lowest BCUT2D eigenvalue weighted by atomic mass is 9.97. The summed E-state index contributed by atoms with van der Waals surface area (Å²) < 4.78 is 7.24. The van der Waals surface area contributed by atoms with E-state index in [0.29, 0.717) is 49.5 Å². The first-order valence-electron chi connectivity index (χ1n) is 11.6. The van der Waals surface area contributed by atoms with Crippen LogP contribution in [0.1, 0.15) is 53.1 Å². The fourth-order valence-corrected chi connectivity index (χ4v) is 5.59. The zero-order chi connectivity index (χ0) is 24.9. The van der Waals surface area contributed by atoms with Crippen molar-refractivity contribution in [3.63, 3.8) is 0 Å². The third-order valence-electron chi connectivity index (χ3n) is 6.42. The molecule has 1 aromatic carbocycles. The lowest BCUT2D eigenvalue weighted by Crippen LogP contribution is -2.35. The van der Waals surface area contributed by atoms with Crippen LogP contribution in [0.15, 0.2) is 36.7 Å². The Morgan fingerprint density at radius 3 is 2.91 bits per heavy atom. The number of fused-ring (bicyclic) bond motifs is 1. The summed E-state index contributed by atoms with van der Waals surface area (Å²) in [6.45, 7) is 5.54. The molecule has 0 aliphatic carbocycles. The molecule has 0 radical (unpaired) electrons. The van der Waals surface area contributed by atoms with Gasteiger partial charge in [0.15, 0.2) is 0 Å². The molecule has 9 heteroatoms. The first kappa shape index (κ1) is 24.5. The van der Waals surface area contributed by atoms with Gasteiger partial charge in [-0.05, 0) is 42.5 Å². The van der Waals surface area contributed by atoms with Crippen molar-refractivity contribution in [1.29, 1.82) is 5.26 Å². The summed E-state index contributed by atoms with van der Waals surface area (Å²) in [7, 11) is 1.62. The van der Waals surface area contributed by atoms with E-state index >= 15 is 0 Å². The molecule has 0 saturated carbocycles. The van der Waals surface area contributed by atoms with Crippen molar-refractivity contribution in [3.8, 4) is 11.8 Å². The maximum atomic E-state index is 12.8. The summed E-state index contributed by atoms with van der Waals surface area (Å²) in [6, 6.07) is 9.96. The van der Waals surface area contributed by atoms with Gasteiger partial charge >= 0.3 is 0 Å². The number of rotatable bonds is 8. The molecular formula is C26H29N5O3S. The number of aryl methyl sites for hydroxylation is 2. The Morgan fingerprint density at radius 1 is 1.37 bits per heavy atom. The summed E-state index contributed by atoms with van der Waals surface area (Å²) in [4.78, 5) is 32.6. The summed E-state index contributed by atoms with van der Waals surface area (Å²) in [5.41, 5.74) is 2.49. The Morgan fingerprint density at radius 2 is 2.20 bits per heavy atom. The molecule has 35 heavy (non-hydrogen) atoms. The number of imidazole rings is 1. The average Bonchev–Trinajstić information content (AvgIpc) is 3.43. The van der Waals surface area contributed by atoms with Crippen molar-refractivity contribution in [2.45, 2.75) is 52.1 Å². The van der Waals surface area contributed by atoms with Crippen molar-refractivity contribution in [2.75, 3.05) is 19.0 Å². The standard InChI is InChI=1S/C26H29N5O3S/c1-17(19-5-4-6-20(14-19)34-3)13-24(32)29-26-22(15-27)21-7-10-31(16-23(21)35-26)25(33)8-11-30-12-9-28-18(30)2/h4-6,9,12,14,17H,7-8,10-11,13,16H2,1-3H3,(H,29,32)/t17-/m0/s1. The van der Waals surface area contributed by atoms with Crippen molar-refractivity contribution in [3.05, 3.63) is 64.1 Å². The Bertz CT molecular complexity index is 1270. The topological polar surface area (TPSA) is 100 Å². The van der Waals surface area contributed by atoms with E-state index in [1.165, 1.54) is 11.3 Å². The normalized spacial score (nSPS) is 13.6. The second-order valence-electron chi connectivity index (χ2n) is 8.73. The predicted molar refractivity (Wildman–Crippen MR) is 134 cm³/mol. The summed E-state index contributed by atoms with van der Waals surface area (Å²) in [5, 5.41) is 13.3. The van der Waals surface area contributed by atoms with Crippen LogP contribution in [0.2, 0.25) is 0 Å². The van der Waals surface area contributed by atoms with E-state index in [2.05, 4.69) is 16.4 Å². The molecule has 3 heterocycles. The number of nitriles is 1. The minimum Gasteiger partial charge on any atom is -0.497 e. The molecule has 8 nitrogen and oxygen atoms in total. The first-order chi connectivity index (χ1) is 16.9. The van der Waals surface area contributed by atoms with Crippen LogP contribution in [0, 0.1) is 18.3 Å². The molecule has 0 bridgehead atoms. The van der Waals surface area contributed by atoms with E-state index in [-0.39, 0.29) is 17.7 Å². The third-order valence-corrected chi connectivity index (χ3v) is 7.55. The van der Waals surface area contributed by atoms with E-state index in [1.807, 2.05) is 53.8 Å². The minimum atomic E-state index is -0.140. The van der Waals surface area contributed by atoms with Crippen molar-refractivity contribution in [1.82, 2.24) is 14.5 Å². The zero-order valence-corrected chi connectivity index (χ0v) is 21.0. The molecule has 0 saturated heterocycles. The van der Waals surface area contributed by atoms with Crippen LogP contribution in [0.5, 0.6) is 5.75 Å². The number of ether oxygens (including phenoxy) is 1. The summed E-state index contributed by atoms with van der Waals surface area (Å²) >= 11 is 1.40. The summed E-state index contributed by atoms with van der Waals surface area (Å²) in [5.74, 6) is 1.58. The number of carbonyl (C=O) groups excluding carboxylic acids is 2. The number of anilines is 1. The Balaban J connectivity index is 1.39. The number of hydrogen-bond acceptors (Lipinski definition) is 6. The highest BCUT2D eigenvalue weighted by Gasteiger charge is 2.27. The molecule has 2 aromatic heterocycles. The molecule has 0 fully saturated rings. The number of hydrogen-bond donors (Lipinski definition) is 1. The van der Waals surface area contributed by atoms with Crippen LogP contribution in [0.3, 0.4) is 0 Å². The fourth-order valence-electron chi connectivity index (χ4n) is 4.36. The van der Waals surface area contributed by atoms with Gasteiger partial charge in [0.25, 0.3) is 0 Å². The van der Waals surface area contributed by atoms with Crippen LogP contribution in [-0.4, -0.2) is 39.9 Å². The maximum absolute atomic E-state index is 12.8. The van der Waals surface area contributed by atoms with Gasteiger partial charge in [0.1, 0.15) is 22.6 Å². The Labute approximate surface area is 209 Å². The molecule has 1 atom stereocenters. The molecule has 0 unspecified atom stereocenters. The summed E-state index contributed by atoms with van der Waals surface area (Å²) in [6.07, 6.45) is 4.91. The zero-order valence-electron chi connectivity index (χ0n) is 20.2. The third kappa shape index (κ3) is 5.54. The maximum Gasteiger partial charge on any atom is 0.225 e. The lowest BCUT2D eigenvalue weighted by molar-refractivity contribution is -0.132. The Hall–Kier alpha value is -3.64. The van der Waals surface area contributed by atoms with Gasteiger partial charge in [0, 0.05) is 43.2 Å². The van der Waals surface area contributed by atoms with Crippen molar-refractivity contribution in [2.24, 2.45) is 0 Å². The highest BCUT2D eigenvalue weighted by atomic mass is 32.1.